The van der Waals surface area contributed by atoms with Gasteiger partial charge in [0.25, 0.3) is 0 Å². The van der Waals surface area contributed by atoms with Gasteiger partial charge in [-0.05, 0) is 49.4 Å². The molecule has 4 nitrogen and oxygen atoms in total. The van der Waals surface area contributed by atoms with Crippen molar-refractivity contribution in [2.24, 2.45) is 5.92 Å². The highest BCUT2D eigenvalue weighted by molar-refractivity contribution is 5.71. The van der Waals surface area contributed by atoms with Crippen LogP contribution in [0.5, 0.6) is 0 Å². The first kappa shape index (κ1) is 13.6. The lowest BCUT2D eigenvalue weighted by Crippen LogP contribution is -2.46. The molecule has 3 unspecified atom stereocenters. The monoisotopic (exact) mass is 275 g/mol. The molecule has 0 bridgehead atoms. The number of aryl methyl sites for hydroxylation is 2. The van der Waals surface area contributed by atoms with Gasteiger partial charge in [-0.3, -0.25) is 9.69 Å². The molecule has 0 spiro atoms. The number of carboxylic acid groups (broad SMARTS) is 1. The number of piperidine rings is 1. The third kappa shape index (κ3) is 2.34. The zero-order chi connectivity index (χ0) is 14.3. The first-order valence-corrected chi connectivity index (χ1v) is 7.29. The molecule has 1 aliphatic heterocycles. The van der Waals surface area contributed by atoms with Crippen LogP contribution in [0.4, 0.5) is 0 Å². The summed E-state index contributed by atoms with van der Waals surface area (Å²) in [5.74, 6) is -1.58. The fourth-order valence-electron chi connectivity index (χ4n) is 3.56. The van der Waals surface area contributed by atoms with Crippen molar-refractivity contribution in [2.45, 2.75) is 37.8 Å². The molecular weight excluding hydrogens is 254 g/mol. The van der Waals surface area contributed by atoms with E-state index in [4.69, 9.17) is 5.11 Å². The van der Waals surface area contributed by atoms with Gasteiger partial charge in [0.2, 0.25) is 0 Å². The highest BCUT2D eigenvalue weighted by Crippen LogP contribution is 2.34. The Kier molecular flexibility index (Phi) is 3.52. The molecule has 20 heavy (non-hydrogen) atoms. The standard InChI is InChI=1S/C16H21NO3/c1-17-9-13(16(19)20)15(18)8-14(17)12-6-5-10-3-2-4-11(10)7-12/h5-7,13-15,18H,2-4,8-9H2,1H3,(H,19,20). The molecule has 0 saturated carbocycles. The minimum absolute atomic E-state index is 0.117. The third-order valence-corrected chi connectivity index (χ3v) is 4.77. The average Bonchev–Trinajstić information content (AvgIpc) is 2.87. The number of carbonyl (C=O) groups is 1. The Morgan fingerprint density at radius 2 is 2.05 bits per heavy atom. The van der Waals surface area contributed by atoms with Crippen LogP contribution in [0.15, 0.2) is 18.2 Å². The fourth-order valence-corrected chi connectivity index (χ4v) is 3.56. The zero-order valence-electron chi connectivity index (χ0n) is 11.7. The average molecular weight is 275 g/mol. The summed E-state index contributed by atoms with van der Waals surface area (Å²) in [6.45, 7) is 0.401. The van der Waals surface area contributed by atoms with Gasteiger partial charge in [0, 0.05) is 12.6 Å². The second-order valence-corrected chi connectivity index (χ2v) is 6.08. The minimum atomic E-state index is -0.906. The van der Waals surface area contributed by atoms with Crippen LogP contribution in [0.25, 0.3) is 0 Å². The summed E-state index contributed by atoms with van der Waals surface area (Å²) < 4.78 is 0. The van der Waals surface area contributed by atoms with Crippen LogP contribution in [-0.2, 0) is 17.6 Å². The maximum absolute atomic E-state index is 11.1. The molecule has 0 radical (unpaired) electrons. The summed E-state index contributed by atoms with van der Waals surface area (Å²) in [5.41, 5.74) is 4.07. The van der Waals surface area contributed by atoms with Crippen molar-refractivity contribution in [1.29, 1.82) is 0 Å². The molecule has 2 aliphatic rings. The SMILES string of the molecule is CN1CC(C(=O)O)C(O)CC1c1ccc2c(c1)CCC2. The van der Waals surface area contributed by atoms with Crippen molar-refractivity contribution in [3.63, 3.8) is 0 Å². The highest BCUT2D eigenvalue weighted by atomic mass is 16.4. The second-order valence-electron chi connectivity index (χ2n) is 6.08. The van der Waals surface area contributed by atoms with Crippen molar-refractivity contribution < 1.29 is 15.0 Å². The number of nitrogens with zero attached hydrogens (tertiary/aromatic N) is 1. The van der Waals surface area contributed by atoms with Crippen molar-refractivity contribution >= 4 is 5.97 Å². The normalized spacial score (nSPS) is 30.2. The topological polar surface area (TPSA) is 60.8 Å². The Morgan fingerprint density at radius 3 is 2.80 bits per heavy atom. The molecule has 4 heteroatoms. The molecule has 1 aliphatic carbocycles. The quantitative estimate of drug-likeness (QED) is 0.861. The molecule has 3 rings (SSSR count). The second kappa shape index (κ2) is 5.19. The number of hydrogen-bond donors (Lipinski definition) is 2. The van der Waals surface area contributed by atoms with Crippen LogP contribution in [-0.4, -0.2) is 40.8 Å². The number of aliphatic hydroxyl groups excluding tert-OH is 1. The Labute approximate surface area is 119 Å². The molecule has 2 N–H and O–H groups in total. The largest absolute Gasteiger partial charge is 0.481 e. The van der Waals surface area contributed by atoms with Gasteiger partial charge >= 0.3 is 5.97 Å². The van der Waals surface area contributed by atoms with Gasteiger partial charge < -0.3 is 10.2 Å². The maximum atomic E-state index is 11.1. The lowest BCUT2D eigenvalue weighted by molar-refractivity contribution is -0.150. The highest BCUT2D eigenvalue weighted by Gasteiger charge is 2.37. The van der Waals surface area contributed by atoms with Gasteiger partial charge in [-0.15, -0.1) is 0 Å². The zero-order valence-corrected chi connectivity index (χ0v) is 11.7. The van der Waals surface area contributed by atoms with Gasteiger partial charge in [0.05, 0.1) is 12.0 Å². The number of hydrogen-bond acceptors (Lipinski definition) is 3. The van der Waals surface area contributed by atoms with E-state index in [1.54, 1.807) is 0 Å². The number of fused-ring (bicyclic) bond motifs is 1. The van der Waals surface area contributed by atoms with E-state index in [1.807, 2.05) is 7.05 Å². The van der Waals surface area contributed by atoms with Gasteiger partial charge in [-0.2, -0.15) is 0 Å². The Hall–Kier alpha value is -1.39. The Morgan fingerprint density at radius 1 is 1.30 bits per heavy atom. The molecule has 0 aromatic heterocycles. The van der Waals surface area contributed by atoms with E-state index in [9.17, 15) is 9.90 Å². The van der Waals surface area contributed by atoms with Crippen LogP contribution in [0.2, 0.25) is 0 Å². The molecule has 1 saturated heterocycles. The first-order valence-electron chi connectivity index (χ1n) is 7.29. The van der Waals surface area contributed by atoms with E-state index in [2.05, 4.69) is 23.1 Å². The predicted molar refractivity (Wildman–Crippen MR) is 75.6 cm³/mol. The summed E-state index contributed by atoms with van der Waals surface area (Å²) in [7, 11) is 1.94. The van der Waals surface area contributed by atoms with Crippen LogP contribution in [0, 0.1) is 5.92 Å². The Bertz CT molecular complexity index is 528. The smallest absolute Gasteiger partial charge is 0.310 e. The van der Waals surface area contributed by atoms with Crippen LogP contribution in [0.3, 0.4) is 0 Å². The van der Waals surface area contributed by atoms with Gasteiger partial charge in [-0.1, -0.05) is 18.2 Å². The molecule has 3 atom stereocenters. The van der Waals surface area contributed by atoms with Crippen molar-refractivity contribution in [3.8, 4) is 0 Å². The van der Waals surface area contributed by atoms with Gasteiger partial charge in [0.1, 0.15) is 0 Å². The van der Waals surface area contributed by atoms with Gasteiger partial charge in [0.15, 0.2) is 0 Å². The molecular formula is C16H21NO3. The van der Waals surface area contributed by atoms with E-state index >= 15 is 0 Å². The van der Waals surface area contributed by atoms with Crippen molar-refractivity contribution in [2.75, 3.05) is 13.6 Å². The summed E-state index contributed by atoms with van der Waals surface area (Å²) in [5, 5.41) is 19.2. The van der Waals surface area contributed by atoms with E-state index in [1.165, 1.54) is 29.5 Å². The molecule has 108 valence electrons. The number of likely N-dealkylation sites (tertiary alicyclic amines) is 1. The fraction of sp³-hybridized carbons (Fsp3) is 0.562. The molecule has 0 amide bonds. The van der Waals surface area contributed by atoms with Gasteiger partial charge in [-0.25, -0.2) is 0 Å². The van der Waals surface area contributed by atoms with E-state index in [0.29, 0.717) is 13.0 Å². The molecule has 1 aromatic rings. The summed E-state index contributed by atoms with van der Waals surface area (Å²) in [6, 6.07) is 6.70. The number of aliphatic carboxylic acids is 1. The summed E-state index contributed by atoms with van der Waals surface area (Å²) >= 11 is 0. The molecule has 1 aromatic carbocycles. The number of benzene rings is 1. The maximum Gasteiger partial charge on any atom is 0.310 e. The van der Waals surface area contributed by atoms with E-state index in [-0.39, 0.29) is 6.04 Å². The van der Waals surface area contributed by atoms with Crippen LogP contribution >= 0.6 is 0 Å². The molecule has 1 fully saturated rings. The molecule has 1 heterocycles. The third-order valence-electron chi connectivity index (χ3n) is 4.77. The van der Waals surface area contributed by atoms with Crippen molar-refractivity contribution in [3.05, 3.63) is 34.9 Å². The van der Waals surface area contributed by atoms with E-state index < -0.39 is 18.0 Å². The van der Waals surface area contributed by atoms with Crippen LogP contribution < -0.4 is 0 Å². The number of carboxylic acids is 1. The lowest BCUT2D eigenvalue weighted by atomic mass is 9.86. The number of rotatable bonds is 2. The first-order chi connectivity index (χ1) is 9.56. The summed E-state index contributed by atoms with van der Waals surface area (Å²) in [6.07, 6.45) is 3.26. The van der Waals surface area contributed by atoms with Crippen molar-refractivity contribution in [1.82, 2.24) is 4.90 Å². The number of aliphatic hydroxyl groups is 1. The van der Waals surface area contributed by atoms with E-state index in [0.717, 1.165) is 6.42 Å². The Balaban J connectivity index is 1.82. The van der Waals surface area contributed by atoms with Crippen LogP contribution in [0.1, 0.15) is 35.6 Å². The predicted octanol–water partition coefficient (Wildman–Crippen LogP) is 1.61. The minimum Gasteiger partial charge on any atom is -0.481 e. The summed E-state index contributed by atoms with van der Waals surface area (Å²) in [4.78, 5) is 13.2. The lowest BCUT2D eigenvalue weighted by Gasteiger charge is -2.39.